The van der Waals surface area contributed by atoms with Gasteiger partial charge in [-0.2, -0.15) is 0 Å². The third kappa shape index (κ3) is 3.95. The molecule has 112 valence electrons. The van der Waals surface area contributed by atoms with Crippen LogP contribution in [-0.4, -0.2) is 67.9 Å². The summed E-state index contributed by atoms with van der Waals surface area (Å²) in [5, 5.41) is 10.6. The highest BCUT2D eigenvalue weighted by atomic mass is 16.5. The van der Waals surface area contributed by atoms with Gasteiger partial charge in [0.2, 0.25) is 0 Å². The number of hydrogen-bond acceptors (Lipinski definition) is 4. The van der Waals surface area contributed by atoms with Gasteiger partial charge in [0.25, 0.3) is 0 Å². The maximum atomic E-state index is 10.6. The minimum absolute atomic E-state index is 0.189. The summed E-state index contributed by atoms with van der Waals surface area (Å²) in [4.78, 5) is 4.59. The quantitative estimate of drug-likeness (QED) is 0.899. The van der Waals surface area contributed by atoms with E-state index in [-0.39, 0.29) is 12.1 Å². The summed E-state index contributed by atoms with van der Waals surface area (Å²) >= 11 is 0. The molecule has 4 nitrogen and oxygen atoms in total. The highest BCUT2D eigenvalue weighted by Gasteiger charge is 2.27. The Bertz CT molecular complexity index is 425. The molecule has 0 aromatic heterocycles. The van der Waals surface area contributed by atoms with Gasteiger partial charge in [0, 0.05) is 19.0 Å². The molecule has 1 aliphatic rings. The molecule has 2 unspecified atom stereocenters. The van der Waals surface area contributed by atoms with Crippen LogP contribution < -0.4 is 4.74 Å². The van der Waals surface area contributed by atoms with Crippen molar-refractivity contribution in [1.82, 2.24) is 9.80 Å². The van der Waals surface area contributed by atoms with Gasteiger partial charge in [-0.05, 0) is 51.3 Å². The molecule has 20 heavy (non-hydrogen) atoms. The second-order valence-electron chi connectivity index (χ2n) is 5.79. The van der Waals surface area contributed by atoms with Crippen LogP contribution in [0.15, 0.2) is 24.3 Å². The number of likely N-dealkylation sites (N-methyl/N-ethyl adjacent to an activating group) is 2. The van der Waals surface area contributed by atoms with Crippen LogP contribution in [0.1, 0.15) is 12.0 Å². The summed E-state index contributed by atoms with van der Waals surface area (Å²) in [5.74, 6) is 0.848. The van der Waals surface area contributed by atoms with E-state index >= 15 is 0 Å². The van der Waals surface area contributed by atoms with E-state index in [1.165, 1.54) is 0 Å². The predicted octanol–water partition coefficient (Wildman–Crippen LogP) is 1.23. The van der Waals surface area contributed by atoms with Gasteiger partial charge >= 0.3 is 0 Å². The molecule has 2 atom stereocenters. The first-order valence-electron chi connectivity index (χ1n) is 7.30. The van der Waals surface area contributed by atoms with Gasteiger partial charge in [0.1, 0.15) is 5.75 Å². The van der Waals surface area contributed by atoms with Crippen molar-refractivity contribution in [3.05, 3.63) is 29.8 Å². The van der Waals surface area contributed by atoms with Crippen LogP contribution >= 0.6 is 0 Å². The minimum atomic E-state index is -0.354. The van der Waals surface area contributed by atoms with Gasteiger partial charge in [-0.3, -0.25) is 4.90 Å². The lowest BCUT2D eigenvalue weighted by molar-refractivity contribution is 0.0581. The largest absolute Gasteiger partial charge is 0.497 e. The number of aliphatic hydroxyl groups excluding tert-OH is 1. The van der Waals surface area contributed by atoms with E-state index in [1.54, 1.807) is 7.11 Å². The zero-order chi connectivity index (χ0) is 14.5. The fourth-order valence-electron chi connectivity index (χ4n) is 2.90. The van der Waals surface area contributed by atoms with Crippen molar-refractivity contribution in [2.45, 2.75) is 25.0 Å². The predicted molar refractivity (Wildman–Crippen MR) is 81.2 cm³/mol. The van der Waals surface area contributed by atoms with E-state index in [4.69, 9.17) is 4.74 Å². The van der Waals surface area contributed by atoms with E-state index in [9.17, 15) is 5.11 Å². The van der Waals surface area contributed by atoms with Gasteiger partial charge in [-0.1, -0.05) is 12.1 Å². The zero-order valence-corrected chi connectivity index (χ0v) is 12.7. The van der Waals surface area contributed by atoms with Crippen molar-refractivity contribution in [3.63, 3.8) is 0 Å². The Kier molecular flexibility index (Phi) is 5.40. The number of aliphatic hydroxyl groups is 1. The number of hydrogen-bond donors (Lipinski definition) is 1. The SMILES string of the molecule is COc1cccc(CC(O)C2CN(C)CCCN2C)c1. The number of nitrogens with zero attached hydrogens (tertiary/aromatic N) is 2. The molecule has 0 amide bonds. The van der Waals surface area contributed by atoms with E-state index in [0.29, 0.717) is 6.42 Å². The Balaban J connectivity index is 2.03. The first-order valence-corrected chi connectivity index (χ1v) is 7.30. The Labute approximate surface area is 122 Å². The second-order valence-corrected chi connectivity index (χ2v) is 5.79. The molecule has 2 rings (SSSR count). The van der Waals surface area contributed by atoms with Gasteiger partial charge in [0.05, 0.1) is 13.2 Å². The third-order valence-corrected chi connectivity index (χ3v) is 4.14. The molecular weight excluding hydrogens is 252 g/mol. The number of rotatable bonds is 4. The molecule has 1 fully saturated rings. The standard InChI is InChI=1S/C16H26N2O2/c1-17-8-5-9-18(2)15(12-17)16(19)11-13-6-4-7-14(10-13)20-3/h4,6-7,10,15-16,19H,5,8-9,11-12H2,1-3H3. The van der Waals surface area contributed by atoms with Crippen LogP contribution in [0.4, 0.5) is 0 Å². The summed E-state index contributed by atoms with van der Waals surface area (Å²) in [6.07, 6.45) is 1.47. The zero-order valence-electron chi connectivity index (χ0n) is 12.7. The summed E-state index contributed by atoms with van der Waals surface area (Å²) in [5.41, 5.74) is 1.12. The van der Waals surface area contributed by atoms with Gasteiger partial charge in [0.15, 0.2) is 0 Å². The van der Waals surface area contributed by atoms with Crippen LogP contribution in [-0.2, 0) is 6.42 Å². The first kappa shape index (κ1) is 15.3. The molecule has 0 spiro atoms. The highest BCUT2D eigenvalue weighted by molar-refractivity contribution is 5.29. The molecule has 4 heteroatoms. The lowest BCUT2D eigenvalue weighted by Gasteiger charge is -2.31. The minimum Gasteiger partial charge on any atom is -0.497 e. The molecule has 1 aliphatic heterocycles. The topological polar surface area (TPSA) is 35.9 Å². The molecular formula is C16H26N2O2. The molecule has 1 saturated heterocycles. The lowest BCUT2D eigenvalue weighted by atomic mass is 10.0. The number of methoxy groups -OCH3 is 1. The second kappa shape index (κ2) is 7.07. The normalized spacial score (nSPS) is 23.3. The van der Waals surface area contributed by atoms with E-state index in [0.717, 1.165) is 37.4 Å². The molecule has 1 heterocycles. The Hall–Kier alpha value is -1.10. The average Bonchev–Trinajstić information content (AvgIpc) is 2.60. The lowest BCUT2D eigenvalue weighted by Crippen LogP contribution is -2.46. The van der Waals surface area contributed by atoms with E-state index < -0.39 is 0 Å². The smallest absolute Gasteiger partial charge is 0.119 e. The molecule has 1 aromatic rings. The van der Waals surface area contributed by atoms with Crippen molar-refractivity contribution >= 4 is 0 Å². The maximum Gasteiger partial charge on any atom is 0.119 e. The van der Waals surface area contributed by atoms with Crippen LogP contribution in [0.2, 0.25) is 0 Å². The van der Waals surface area contributed by atoms with Crippen molar-refractivity contribution in [3.8, 4) is 5.75 Å². The Morgan fingerprint density at radius 2 is 2.15 bits per heavy atom. The maximum absolute atomic E-state index is 10.6. The van der Waals surface area contributed by atoms with Crippen molar-refractivity contribution in [2.75, 3.05) is 40.8 Å². The summed E-state index contributed by atoms with van der Waals surface area (Å²) in [7, 11) is 5.91. The van der Waals surface area contributed by atoms with Crippen molar-refractivity contribution < 1.29 is 9.84 Å². The molecule has 0 bridgehead atoms. The molecule has 1 N–H and O–H groups in total. The fourth-order valence-corrected chi connectivity index (χ4v) is 2.90. The van der Waals surface area contributed by atoms with E-state index in [2.05, 4.69) is 23.9 Å². The van der Waals surface area contributed by atoms with E-state index in [1.807, 2.05) is 24.3 Å². The molecule has 0 saturated carbocycles. The first-order chi connectivity index (χ1) is 9.60. The van der Waals surface area contributed by atoms with Crippen molar-refractivity contribution in [2.24, 2.45) is 0 Å². The Morgan fingerprint density at radius 3 is 2.90 bits per heavy atom. The summed E-state index contributed by atoms with van der Waals surface area (Å²) in [6, 6.07) is 8.15. The van der Waals surface area contributed by atoms with Crippen LogP contribution in [0.25, 0.3) is 0 Å². The monoisotopic (exact) mass is 278 g/mol. The van der Waals surface area contributed by atoms with Crippen molar-refractivity contribution in [1.29, 1.82) is 0 Å². The molecule has 0 aliphatic carbocycles. The van der Waals surface area contributed by atoms with Gasteiger partial charge in [-0.15, -0.1) is 0 Å². The van der Waals surface area contributed by atoms with Crippen LogP contribution in [0.3, 0.4) is 0 Å². The van der Waals surface area contributed by atoms with Gasteiger partial charge < -0.3 is 14.7 Å². The summed E-state index contributed by atoms with van der Waals surface area (Å²) in [6.45, 7) is 3.07. The average molecular weight is 278 g/mol. The third-order valence-electron chi connectivity index (χ3n) is 4.14. The number of ether oxygens (including phenoxy) is 1. The Morgan fingerprint density at radius 1 is 1.35 bits per heavy atom. The number of benzene rings is 1. The fraction of sp³-hybridized carbons (Fsp3) is 0.625. The summed E-state index contributed by atoms with van der Waals surface area (Å²) < 4.78 is 5.24. The molecule has 1 aromatic carbocycles. The van der Waals surface area contributed by atoms with Crippen LogP contribution in [0.5, 0.6) is 5.75 Å². The molecule has 0 radical (unpaired) electrons. The highest BCUT2D eigenvalue weighted by Crippen LogP contribution is 2.17. The van der Waals surface area contributed by atoms with Crippen LogP contribution in [0, 0.1) is 0 Å². The van der Waals surface area contributed by atoms with Gasteiger partial charge in [-0.25, -0.2) is 0 Å².